The first-order chi connectivity index (χ1) is 20.4. The van der Waals surface area contributed by atoms with Crippen molar-refractivity contribution in [3.63, 3.8) is 0 Å². The number of carbonyl (C=O) groups excluding carboxylic acids is 1. The number of amides is 1. The van der Waals surface area contributed by atoms with Crippen LogP contribution in [0.25, 0.3) is 10.8 Å². The van der Waals surface area contributed by atoms with Crippen LogP contribution < -0.4 is 14.8 Å². The van der Waals surface area contributed by atoms with Crippen LogP contribution in [-0.2, 0) is 21.2 Å². The van der Waals surface area contributed by atoms with E-state index in [2.05, 4.69) is 46.4 Å². The molecule has 2 N–H and O–H groups in total. The average molecular weight is 583 g/mol. The fourth-order valence-electron chi connectivity index (χ4n) is 6.73. The molecule has 0 aliphatic heterocycles. The highest BCUT2D eigenvalue weighted by atomic mass is 32.2. The molecule has 1 saturated carbocycles. The lowest BCUT2D eigenvalue weighted by atomic mass is 9.75. The molecule has 42 heavy (non-hydrogen) atoms. The molecule has 0 bridgehead atoms. The van der Waals surface area contributed by atoms with Crippen molar-refractivity contribution in [1.82, 2.24) is 10.0 Å². The predicted octanol–water partition coefficient (Wildman–Crippen LogP) is 6.20. The normalized spacial score (nSPS) is 22.3. The van der Waals surface area contributed by atoms with E-state index in [9.17, 15) is 13.2 Å². The van der Waals surface area contributed by atoms with E-state index in [0.717, 1.165) is 55.0 Å². The van der Waals surface area contributed by atoms with Crippen molar-refractivity contribution < 1.29 is 17.9 Å². The Kier molecular flexibility index (Phi) is 8.31. The molecule has 1 unspecified atom stereocenters. The lowest BCUT2D eigenvalue weighted by Crippen LogP contribution is -2.45. The van der Waals surface area contributed by atoms with Crippen LogP contribution in [0.3, 0.4) is 0 Å². The highest BCUT2D eigenvalue weighted by Gasteiger charge is 2.35. The van der Waals surface area contributed by atoms with Gasteiger partial charge in [-0.2, -0.15) is 0 Å². The second kappa shape index (κ2) is 12.3. The molecule has 0 radical (unpaired) electrons. The molecule has 0 saturated heterocycles. The third kappa shape index (κ3) is 6.08. The molecule has 0 aromatic heterocycles. The van der Waals surface area contributed by atoms with E-state index in [4.69, 9.17) is 4.74 Å². The maximum absolute atomic E-state index is 13.5. The first-order valence-electron chi connectivity index (χ1n) is 14.9. The zero-order valence-electron chi connectivity index (χ0n) is 24.0. The van der Waals surface area contributed by atoms with Gasteiger partial charge in [0.15, 0.2) is 0 Å². The van der Waals surface area contributed by atoms with Crippen LogP contribution in [0.2, 0.25) is 0 Å². The van der Waals surface area contributed by atoms with E-state index in [1.165, 1.54) is 16.7 Å². The molecular formula is C35H38N2O4S. The maximum atomic E-state index is 13.5. The molecular weight excluding hydrogens is 544 g/mol. The van der Waals surface area contributed by atoms with Gasteiger partial charge in [0.25, 0.3) is 0 Å². The van der Waals surface area contributed by atoms with Gasteiger partial charge in [-0.05, 0) is 96.2 Å². The van der Waals surface area contributed by atoms with E-state index in [1.54, 1.807) is 19.2 Å². The zero-order chi connectivity index (χ0) is 29.1. The molecule has 0 heterocycles. The summed E-state index contributed by atoms with van der Waals surface area (Å²) in [5.41, 5.74) is 3.73. The monoisotopic (exact) mass is 582 g/mol. The summed E-state index contributed by atoms with van der Waals surface area (Å²) in [7, 11) is -1.91. The summed E-state index contributed by atoms with van der Waals surface area (Å²) in [5, 5.41) is 5.35. The summed E-state index contributed by atoms with van der Waals surface area (Å²) < 4.78 is 34.3. The van der Waals surface area contributed by atoms with Crippen molar-refractivity contribution in [2.75, 3.05) is 13.7 Å². The van der Waals surface area contributed by atoms with Gasteiger partial charge in [-0.25, -0.2) is 13.1 Å². The Balaban J connectivity index is 1.07. The Labute approximate surface area is 248 Å². The zero-order valence-corrected chi connectivity index (χ0v) is 24.8. The van der Waals surface area contributed by atoms with Crippen molar-refractivity contribution in [3.8, 4) is 5.75 Å². The maximum Gasteiger partial charge on any atom is 0.240 e. The van der Waals surface area contributed by atoms with Gasteiger partial charge >= 0.3 is 0 Å². The summed E-state index contributed by atoms with van der Waals surface area (Å²) in [4.78, 5) is 13.8. The smallest absolute Gasteiger partial charge is 0.240 e. The van der Waals surface area contributed by atoms with E-state index in [0.29, 0.717) is 6.54 Å². The molecule has 2 aliphatic rings. The van der Waals surface area contributed by atoms with Crippen LogP contribution in [-0.4, -0.2) is 34.0 Å². The first-order valence-corrected chi connectivity index (χ1v) is 16.4. The number of fused-ring (bicyclic) bond motifs is 2. The quantitative estimate of drug-likeness (QED) is 0.259. The summed E-state index contributed by atoms with van der Waals surface area (Å²) in [6.07, 6.45) is 4.96. The average Bonchev–Trinajstić information content (AvgIpc) is 3.03. The fourth-order valence-corrected chi connectivity index (χ4v) is 7.88. The van der Waals surface area contributed by atoms with Crippen LogP contribution in [0, 0.1) is 11.8 Å². The van der Waals surface area contributed by atoms with Crippen LogP contribution in [0.4, 0.5) is 0 Å². The number of ether oxygens (including phenoxy) is 1. The summed E-state index contributed by atoms with van der Waals surface area (Å²) in [5.74, 6) is 1.24. The standard InChI is InChI=1S/C35H38N2O4S/c1-41-30-17-19-32-29(21-30)16-20-33(34(32)26-8-3-2-4-9-26)37-35(38)27-13-11-24(12-14-27)23-36-42(39,40)31-18-15-25-7-5-6-10-28(25)22-31/h2-10,15,17-19,21-22,24,27,33-34,36H,11-14,16,20,23H2,1H3,(H,37,38)/t24-,27+,33-,34?/m1/s1. The molecule has 2 atom stereocenters. The van der Waals surface area contributed by atoms with Gasteiger partial charge in [0.2, 0.25) is 15.9 Å². The molecule has 6 rings (SSSR count). The van der Waals surface area contributed by atoms with Crippen LogP contribution in [0.15, 0.2) is 95.9 Å². The lowest BCUT2D eigenvalue weighted by Gasteiger charge is -2.36. The van der Waals surface area contributed by atoms with Gasteiger partial charge in [0.1, 0.15) is 5.75 Å². The molecule has 1 fully saturated rings. The molecule has 7 heteroatoms. The number of hydrogen-bond donors (Lipinski definition) is 2. The van der Waals surface area contributed by atoms with Gasteiger partial charge in [-0.3, -0.25) is 4.79 Å². The molecule has 4 aromatic carbocycles. The number of hydrogen-bond acceptors (Lipinski definition) is 4. The molecule has 4 aromatic rings. The highest BCUT2D eigenvalue weighted by Crippen LogP contribution is 2.39. The number of benzene rings is 4. The third-order valence-corrected chi connectivity index (χ3v) is 10.5. The summed E-state index contributed by atoms with van der Waals surface area (Å²) >= 11 is 0. The fraction of sp³-hybridized carbons (Fsp3) is 0.343. The van der Waals surface area contributed by atoms with Crippen LogP contribution in [0.1, 0.15) is 54.7 Å². The predicted molar refractivity (Wildman–Crippen MR) is 166 cm³/mol. The van der Waals surface area contributed by atoms with Gasteiger partial charge < -0.3 is 10.1 Å². The van der Waals surface area contributed by atoms with Crippen molar-refractivity contribution in [2.24, 2.45) is 11.8 Å². The summed E-state index contributed by atoms with van der Waals surface area (Å²) in [6, 6.07) is 29.7. The van der Waals surface area contributed by atoms with E-state index >= 15 is 0 Å². The minimum absolute atomic E-state index is 0.0206. The minimum atomic E-state index is -3.60. The number of methoxy groups -OCH3 is 1. The van der Waals surface area contributed by atoms with Crippen molar-refractivity contribution in [1.29, 1.82) is 0 Å². The van der Waals surface area contributed by atoms with Crippen LogP contribution in [0.5, 0.6) is 5.75 Å². The van der Waals surface area contributed by atoms with Crippen molar-refractivity contribution >= 4 is 26.7 Å². The minimum Gasteiger partial charge on any atom is -0.497 e. The van der Waals surface area contributed by atoms with Crippen LogP contribution >= 0.6 is 0 Å². The van der Waals surface area contributed by atoms with Gasteiger partial charge in [-0.15, -0.1) is 0 Å². The molecule has 218 valence electrons. The summed E-state index contributed by atoms with van der Waals surface area (Å²) in [6.45, 7) is 0.391. The van der Waals surface area contributed by atoms with Gasteiger partial charge in [0.05, 0.1) is 12.0 Å². The van der Waals surface area contributed by atoms with Crippen molar-refractivity contribution in [3.05, 3.63) is 108 Å². The SMILES string of the molecule is COc1ccc2c(c1)CC[C@@H](NC(=O)[C@H]1CC[C@@H](CNS(=O)(=O)c3ccc4ccccc4c3)CC1)C2c1ccccc1. The molecule has 6 nitrogen and oxygen atoms in total. The van der Waals surface area contributed by atoms with E-state index < -0.39 is 10.0 Å². The van der Waals surface area contributed by atoms with Gasteiger partial charge in [-0.1, -0.05) is 66.7 Å². The van der Waals surface area contributed by atoms with E-state index in [1.807, 2.05) is 42.5 Å². The number of sulfonamides is 1. The number of aryl methyl sites for hydroxylation is 1. The number of nitrogens with one attached hydrogen (secondary N) is 2. The number of rotatable bonds is 8. The van der Waals surface area contributed by atoms with Crippen molar-refractivity contribution in [2.45, 2.75) is 55.4 Å². The Morgan fingerprint density at radius 2 is 1.57 bits per heavy atom. The largest absolute Gasteiger partial charge is 0.497 e. The Bertz CT molecular complexity index is 1660. The second-order valence-corrected chi connectivity index (χ2v) is 13.5. The topological polar surface area (TPSA) is 84.5 Å². The van der Waals surface area contributed by atoms with E-state index in [-0.39, 0.29) is 34.6 Å². The molecule has 2 aliphatic carbocycles. The van der Waals surface area contributed by atoms with Gasteiger partial charge in [0, 0.05) is 24.4 Å². The Hall–Kier alpha value is -3.68. The lowest BCUT2D eigenvalue weighted by molar-refractivity contribution is -0.127. The highest BCUT2D eigenvalue weighted by molar-refractivity contribution is 7.89. The number of carbonyl (C=O) groups is 1. The molecule has 0 spiro atoms. The molecule has 1 amide bonds. The Morgan fingerprint density at radius 1 is 0.833 bits per heavy atom. The first kappa shape index (κ1) is 28.4. The third-order valence-electron chi connectivity index (χ3n) is 9.11. The Morgan fingerprint density at radius 3 is 2.33 bits per heavy atom. The second-order valence-electron chi connectivity index (χ2n) is 11.7.